The Labute approximate surface area is 317 Å². The predicted molar refractivity (Wildman–Crippen MR) is 210 cm³/mol. The number of hydrogen-bond acceptors (Lipinski definition) is 5. The quantitative estimate of drug-likeness (QED) is 0.0643. The van der Waals surface area contributed by atoms with Gasteiger partial charge in [0, 0.05) is 53.5 Å². The van der Waals surface area contributed by atoms with Crippen LogP contribution in [0.1, 0.15) is 98.0 Å². The first kappa shape index (κ1) is 39.9. The molecule has 4 aromatic carbocycles. The number of fused-ring (bicyclic) bond motifs is 6. The fourth-order valence-corrected chi connectivity index (χ4v) is 6.78. The van der Waals surface area contributed by atoms with E-state index in [1.807, 2.05) is 72.7 Å². The molecule has 271 valence electrons. The minimum absolute atomic E-state index is 0. The van der Waals surface area contributed by atoms with E-state index >= 15 is 0 Å². The Balaban J connectivity index is 0.000000279. The molecule has 2 aromatic heterocycles. The maximum Gasteiger partial charge on any atom is 0.164 e. The maximum atomic E-state index is 12.2. The summed E-state index contributed by atoms with van der Waals surface area (Å²) in [6.45, 7) is 20.8. The van der Waals surface area contributed by atoms with E-state index in [0.717, 1.165) is 82.0 Å². The first-order chi connectivity index (χ1) is 23.8. The van der Waals surface area contributed by atoms with Crippen molar-refractivity contribution in [2.75, 3.05) is 0 Å². The molecular formula is C45H53IrN2O3-. The molecule has 0 unspecified atom stereocenters. The van der Waals surface area contributed by atoms with Crippen LogP contribution >= 0.6 is 0 Å². The van der Waals surface area contributed by atoms with Gasteiger partial charge in [-0.3, -0.25) is 9.78 Å². The summed E-state index contributed by atoms with van der Waals surface area (Å²) in [4.78, 5) is 22.0. The molecule has 0 amide bonds. The molecule has 0 atom stereocenters. The van der Waals surface area contributed by atoms with E-state index in [1.165, 1.54) is 28.0 Å². The average Bonchev–Trinajstić information content (AvgIpc) is 3.49. The van der Waals surface area contributed by atoms with E-state index < -0.39 is 0 Å². The fourth-order valence-electron chi connectivity index (χ4n) is 6.78. The van der Waals surface area contributed by atoms with Crippen molar-refractivity contribution in [2.45, 2.75) is 101 Å². The number of allylic oxidation sites excluding steroid dienone is 2. The number of aliphatic hydroxyl groups excluding tert-OH is 1. The van der Waals surface area contributed by atoms with Crippen LogP contribution in [0.5, 0.6) is 0 Å². The van der Waals surface area contributed by atoms with Crippen molar-refractivity contribution in [1.29, 1.82) is 0 Å². The van der Waals surface area contributed by atoms with E-state index in [-0.39, 0.29) is 42.5 Å². The summed E-state index contributed by atoms with van der Waals surface area (Å²) in [6, 6.07) is 24.6. The van der Waals surface area contributed by atoms with Crippen molar-refractivity contribution in [3.63, 3.8) is 0 Å². The summed E-state index contributed by atoms with van der Waals surface area (Å²) in [6.07, 6.45) is 5.83. The van der Waals surface area contributed by atoms with Crippen molar-refractivity contribution >= 4 is 49.4 Å². The van der Waals surface area contributed by atoms with E-state index in [2.05, 4.69) is 63.2 Å². The van der Waals surface area contributed by atoms with Crippen LogP contribution in [-0.4, -0.2) is 20.9 Å². The number of benzene rings is 4. The van der Waals surface area contributed by atoms with Gasteiger partial charge in [0.2, 0.25) is 0 Å². The van der Waals surface area contributed by atoms with Crippen LogP contribution in [0.15, 0.2) is 76.9 Å². The van der Waals surface area contributed by atoms with E-state index in [9.17, 15) is 9.90 Å². The minimum atomic E-state index is -0.337. The third kappa shape index (κ3) is 7.98. The van der Waals surface area contributed by atoms with E-state index in [4.69, 9.17) is 14.4 Å². The van der Waals surface area contributed by atoms with Crippen LogP contribution in [-0.2, 0) is 31.3 Å². The maximum absolute atomic E-state index is 12.2. The third-order valence-electron chi connectivity index (χ3n) is 11.0. The molecule has 0 fully saturated rings. The molecule has 0 spiro atoms. The molecule has 6 aromatic rings. The number of aryl methyl sites for hydroxylation is 2. The molecule has 6 rings (SSSR count). The second-order valence-corrected chi connectivity index (χ2v) is 14.8. The molecule has 5 nitrogen and oxygen atoms in total. The molecule has 1 N–H and O–H groups in total. The summed E-state index contributed by atoms with van der Waals surface area (Å²) in [5, 5.41) is 15.8. The van der Waals surface area contributed by atoms with Crippen molar-refractivity contribution in [3.8, 4) is 11.3 Å². The topological polar surface area (TPSA) is 76.2 Å². The molecule has 0 aliphatic rings. The number of hydrogen-bond donors (Lipinski definition) is 1. The van der Waals surface area contributed by atoms with Crippen LogP contribution in [0.25, 0.3) is 54.9 Å². The number of nitrogens with zero attached hydrogens (tertiary/aromatic N) is 2. The molecule has 51 heavy (non-hydrogen) atoms. The Bertz CT molecular complexity index is 2200. The van der Waals surface area contributed by atoms with Crippen molar-refractivity contribution in [3.05, 3.63) is 95.5 Å². The number of rotatable bonds is 10. The summed E-state index contributed by atoms with van der Waals surface area (Å²) >= 11 is 0. The second kappa shape index (κ2) is 16.2. The van der Waals surface area contributed by atoms with Crippen LogP contribution in [0.2, 0.25) is 0 Å². The number of para-hydroxylation sites is 1. The summed E-state index contributed by atoms with van der Waals surface area (Å²) < 4.78 is 6.30. The number of ketones is 1. The van der Waals surface area contributed by atoms with Gasteiger partial charge < -0.3 is 9.52 Å². The van der Waals surface area contributed by atoms with Gasteiger partial charge in [0.05, 0.1) is 11.1 Å². The molecule has 0 aliphatic heterocycles. The van der Waals surface area contributed by atoms with Crippen LogP contribution in [0.3, 0.4) is 0 Å². The number of carbonyl (C=O) groups excluding carboxylic acids is 1. The fraction of sp³-hybridized carbons (Fsp3) is 0.400. The van der Waals surface area contributed by atoms with Crippen LogP contribution in [0.4, 0.5) is 0 Å². The minimum Gasteiger partial charge on any atom is -0.512 e. The standard InChI is InChI=1S/C30H25N2O.C15H28O2.Ir/c1-17(2)14-20-15-18(3)27-21(16-20)12-13-24-28(31-19(4)32-29(24)27)25-10-7-9-23-22-8-5-6-11-26(22)33-30(23)25;1-7-14(5,8-2)12(16)11-13(17)15(6,9-3)10-4;/h5-9,11-13,15-17H,14H2,1-4H3;11,16H,7-10H2,1-6H3;/q-1;;/b;12-11-;. The smallest absolute Gasteiger partial charge is 0.164 e. The summed E-state index contributed by atoms with van der Waals surface area (Å²) in [5.74, 6) is 1.66. The zero-order chi connectivity index (χ0) is 36.4. The normalized spacial score (nSPS) is 12.4. The summed E-state index contributed by atoms with van der Waals surface area (Å²) in [7, 11) is 0. The Kier molecular flexibility index (Phi) is 12.7. The molecule has 6 heteroatoms. The Hall–Kier alpha value is -3.86. The number of aliphatic hydroxyl groups is 1. The van der Waals surface area contributed by atoms with Crippen molar-refractivity contribution in [2.24, 2.45) is 16.7 Å². The van der Waals surface area contributed by atoms with Crippen LogP contribution in [0, 0.1) is 36.7 Å². The number of aromatic nitrogens is 2. The molecular weight excluding hydrogens is 809 g/mol. The Morgan fingerprint density at radius 2 is 1.55 bits per heavy atom. The molecule has 1 radical (unpaired) electrons. The van der Waals surface area contributed by atoms with Gasteiger partial charge in [0.1, 0.15) is 17.2 Å². The van der Waals surface area contributed by atoms with Crippen molar-refractivity contribution < 1.29 is 34.4 Å². The van der Waals surface area contributed by atoms with Crippen molar-refractivity contribution in [1.82, 2.24) is 9.97 Å². The largest absolute Gasteiger partial charge is 0.512 e. The SMILES string of the molecule is CCC(C)(CC)C(=O)/C=C(\O)C(C)(CC)CC.Cc1nc(-c2[c-]ccc3c2oc2ccccc23)c2ccc3cc(CC(C)C)cc(C)c3c2n1.[Ir]. The molecule has 0 saturated heterocycles. The van der Waals surface area contributed by atoms with E-state index in [0.29, 0.717) is 5.92 Å². The van der Waals surface area contributed by atoms with E-state index in [1.54, 1.807) is 0 Å². The second-order valence-electron chi connectivity index (χ2n) is 14.8. The number of furan rings is 1. The van der Waals surface area contributed by atoms with Gasteiger partial charge in [-0.1, -0.05) is 109 Å². The molecule has 0 saturated carbocycles. The van der Waals surface area contributed by atoms with Gasteiger partial charge in [-0.15, -0.1) is 18.2 Å². The van der Waals surface area contributed by atoms with Gasteiger partial charge in [-0.05, 0) is 79.8 Å². The molecule has 0 bridgehead atoms. The Morgan fingerprint density at radius 1 is 0.882 bits per heavy atom. The zero-order valence-corrected chi connectivity index (χ0v) is 34.4. The van der Waals surface area contributed by atoms with Crippen LogP contribution < -0.4 is 0 Å². The first-order valence-electron chi connectivity index (χ1n) is 18.3. The average molecular weight is 862 g/mol. The monoisotopic (exact) mass is 862 g/mol. The molecule has 2 heterocycles. The number of carbonyl (C=O) groups is 1. The predicted octanol–water partition coefficient (Wildman–Crippen LogP) is 12.6. The third-order valence-corrected chi connectivity index (χ3v) is 11.0. The molecule has 0 aliphatic carbocycles. The van der Waals surface area contributed by atoms with Gasteiger partial charge in [0.25, 0.3) is 0 Å². The Morgan fingerprint density at radius 3 is 2.20 bits per heavy atom. The van der Waals surface area contributed by atoms with Gasteiger partial charge in [-0.25, -0.2) is 4.98 Å². The van der Waals surface area contributed by atoms with Gasteiger partial charge in [0.15, 0.2) is 5.78 Å². The summed E-state index contributed by atoms with van der Waals surface area (Å²) in [5.41, 5.74) is 6.47. The van der Waals surface area contributed by atoms with Gasteiger partial charge >= 0.3 is 0 Å². The first-order valence-corrected chi connectivity index (χ1v) is 18.3. The zero-order valence-electron chi connectivity index (χ0n) is 32.0. The van der Waals surface area contributed by atoms with Gasteiger partial charge in [-0.2, -0.15) is 0 Å².